The molecule has 2 heterocycles. The lowest BCUT2D eigenvalue weighted by Gasteiger charge is -2.26. The van der Waals surface area contributed by atoms with Gasteiger partial charge in [0.2, 0.25) is 0 Å². The molecule has 1 unspecified atom stereocenters. The summed E-state index contributed by atoms with van der Waals surface area (Å²) in [6.45, 7) is 4.44. The molecule has 2 aromatic rings. The number of imidazole rings is 1. The Labute approximate surface area is 194 Å². The molecule has 0 aliphatic carbocycles. The second kappa shape index (κ2) is 11.1. The van der Waals surface area contributed by atoms with Gasteiger partial charge in [0, 0.05) is 44.6 Å². The highest BCUT2D eigenvalue weighted by atomic mass is 19.1. The number of hydrogen-bond acceptors (Lipinski definition) is 8. The van der Waals surface area contributed by atoms with Gasteiger partial charge in [0.05, 0.1) is 17.4 Å². The first-order chi connectivity index (χ1) is 16.3. The molecule has 0 saturated carbocycles. The lowest BCUT2D eigenvalue weighted by Crippen LogP contribution is -2.33. The minimum Gasteiger partial charge on any atom is -0.480 e. The Morgan fingerprint density at radius 3 is 2.62 bits per heavy atom. The zero-order valence-corrected chi connectivity index (χ0v) is 18.9. The van der Waals surface area contributed by atoms with Gasteiger partial charge < -0.3 is 30.4 Å². The van der Waals surface area contributed by atoms with Crippen molar-refractivity contribution in [3.63, 3.8) is 0 Å². The summed E-state index contributed by atoms with van der Waals surface area (Å²) < 4.78 is 36.8. The molecule has 13 heteroatoms. The summed E-state index contributed by atoms with van der Waals surface area (Å²) in [6, 6.07) is -1.45. The number of nitrogens with one attached hydrogen (secondary N) is 3. The predicted molar refractivity (Wildman–Crippen MR) is 121 cm³/mol. The molecule has 1 aliphatic rings. The summed E-state index contributed by atoms with van der Waals surface area (Å²) in [5.74, 6) is -3.71. The van der Waals surface area contributed by atoms with E-state index in [0.717, 1.165) is 6.42 Å². The SMILES string of the molecule is CCN(CC)c1c(F)c(NCC2CCCO2)c([N+](=O)[O-])c(N[C@@H](Cc2cnc[nH]2)C(=O)O)c1F. The standard InChI is InChI=1S/C21H28F2N6O5/c1-3-28(4-2)19-15(22)17(25-10-13-6-5-7-34-13)20(29(32)33)18(16(19)23)27-14(21(30)31)8-12-9-24-11-26-12/h9,11,13-14,25,27H,3-8,10H2,1-2H3,(H,24,26)(H,30,31)/t13?,14-/m0/s1. The van der Waals surface area contributed by atoms with E-state index in [2.05, 4.69) is 20.6 Å². The van der Waals surface area contributed by atoms with Crippen molar-refractivity contribution < 1.29 is 28.3 Å². The summed E-state index contributed by atoms with van der Waals surface area (Å²) >= 11 is 0. The second-order valence-corrected chi connectivity index (χ2v) is 7.84. The van der Waals surface area contributed by atoms with Crippen LogP contribution in [0.3, 0.4) is 0 Å². The number of carboxylic acids is 1. The Morgan fingerprint density at radius 1 is 1.38 bits per heavy atom. The van der Waals surface area contributed by atoms with Crippen LogP contribution >= 0.6 is 0 Å². The van der Waals surface area contributed by atoms with Crippen LogP contribution in [0.25, 0.3) is 0 Å². The fourth-order valence-electron chi connectivity index (χ4n) is 3.97. The van der Waals surface area contributed by atoms with Crippen molar-refractivity contribution in [1.82, 2.24) is 9.97 Å². The van der Waals surface area contributed by atoms with Crippen molar-refractivity contribution in [2.75, 3.05) is 41.8 Å². The van der Waals surface area contributed by atoms with Crippen LogP contribution in [0.4, 0.5) is 31.5 Å². The van der Waals surface area contributed by atoms with Gasteiger partial charge >= 0.3 is 11.7 Å². The fourth-order valence-corrected chi connectivity index (χ4v) is 3.97. The van der Waals surface area contributed by atoms with E-state index in [9.17, 15) is 20.0 Å². The van der Waals surface area contributed by atoms with Crippen molar-refractivity contribution in [2.45, 2.75) is 45.3 Å². The Bertz CT molecular complexity index is 1010. The van der Waals surface area contributed by atoms with E-state index in [1.807, 2.05) is 0 Å². The van der Waals surface area contributed by atoms with E-state index in [0.29, 0.717) is 18.7 Å². The number of halogens is 2. The first-order valence-electron chi connectivity index (χ1n) is 11.0. The van der Waals surface area contributed by atoms with Crippen LogP contribution in [-0.4, -0.2) is 64.4 Å². The number of nitro groups is 1. The molecule has 0 radical (unpaired) electrons. The first-order valence-corrected chi connectivity index (χ1v) is 11.0. The van der Waals surface area contributed by atoms with Crippen LogP contribution in [0, 0.1) is 21.7 Å². The summed E-state index contributed by atoms with van der Waals surface area (Å²) in [6.07, 6.45) is 3.81. The van der Waals surface area contributed by atoms with Gasteiger partial charge in [0.1, 0.15) is 11.7 Å². The van der Waals surface area contributed by atoms with Crippen LogP contribution in [0.1, 0.15) is 32.4 Å². The number of carbonyl (C=O) groups is 1. The molecule has 1 fully saturated rings. The van der Waals surface area contributed by atoms with Crippen molar-refractivity contribution in [1.29, 1.82) is 0 Å². The van der Waals surface area contributed by atoms with Crippen molar-refractivity contribution >= 4 is 28.7 Å². The zero-order valence-electron chi connectivity index (χ0n) is 18.9. The number of aromatic amines is 1. The number of nitro benzene ring substituents is 1. The van der Waals surface area contributed by atoms with Crippen molar-refractivity contribution in [2.24, 2.45) is 0 Å². The molecule has 11 nitrogen and oxygen atoms in total. The molecule has 1 aromatic carbocycles. The van der Waals surface area contributed by atoms with Gasteiger partial charge in [-0.1, -0.05) is 0 Å². The van der Waals surface area contributed by atoms with Crippen molar-refractivity contribution in [3.8, 4) is 0 Å². The van der Waals surface area contributed by atoms with Crippen molar-refractivity contribution in [3.05, 3.63) is 40.0 Å². The number of rotatable bonds is 12. The third-order valence-corrected chi connectivity index (χ3v) is 5.72. The van der Waals surface area contributed by atoms with Gasteiger partial charge in [-0.15, -0.1) is 0 Å². The molecule has 34 heavy (non-hydrogen) atoms. The molecule has 0 spiro atoms. The molecule has 0 bridgehead atoms. The van der Waals surface area contributed by atoms with Gasteiger partial charge in [0.15, 0.2) is 23.0 Å². The average molecular weight is 482 g/mol. The monoisotopic (exact) mass is 482 g/mol. The number of aliphatic carboxylic acids is 1. The van der Waals surface area contributed by atoms with Gasteiger partial charge in [-0.2, -0.15) is 0 Å². The van der Waals surface area contributed by atoms with E-state index in [1.165, 1.54) is 17.4 Å². The van der Waals surface area contributed by atoms with Gasteiger partial charge in [-0.25, -0.2) is 18.6 Å². The molecule has 0 amide bonds. The van der Waals surface area contributed by atoms with Gasteiger partial charge in [-0.05, 0) is 26.7 Å². The molecule has 186 valence electrons. The summed E-state index contributed by atoms with van der Waals surface area (Å²) in [4.78, 5) is 30.9. The number of aromatic nitrogens is 2. The third-order valence-electron chi connectivity index (χ3n) is 5.72. The summed E-state index contributed by atoms with van der Waals surface area (Å²) in [5.41, 5.74) is -2.17. The zero-order chi connectivity index (χ0) is 24.8. The molecule has 3 rings (SSSR count). The highest BCUT2D eigenvalue weighted by Gasteiger charge is 2.36. The van der Waals surface area contributed by atoms with E-state index >= 15 is 8.78 Å². The molecular formula is C21H28F2N6O5. The van der Waals surface area contributed by atoms with E-state index < -0.39 is 51.3 Å². The second-order valence-electron chi connectivity index (χ2n) is 7.84. The molecule has 1 aliphatic heterocycles. The lowest BCUT2D eigenvalue weighted by atomic mass is 10.1. The Balaban J connectivity index is 2.12. The number of anilines is 3. The van der Waals surface area contributed by atoms with Gasteiger partial charge in [0.25, 0.3) is 0 Å². The van der Waals surface area contributed by atoms with E-state index in [4.69, 9.17) is 4.74 Å². The maximum Gasteiger partial charge on any atom is 0.326 e. The van der Waals surface area contributed by atoms with Gasteiger partial charge in [-0.3, -0.25) is 10.1 Å². The average Bonchev–Trinajstić information content (AvgIpc) is 3.50. The number of ether oxygens (including phenoxy) is 1. The summed E-state index contributed by atoms with van der Waals surface area (Å²) in [5, 5.41) is 26.9. The molecule has 4 N–H and O–H groups in total. The number of benzene rings is 1. The van der Waals surface area contributed by atoms with Crippen LogP contribution in [-0.2, 0) is 16.0 Å². The molecule has 2 atom stereocenters. The maximum absolute atomic E-state index is 15.7. The van der Waals surface area contributed by atoms with E-state index in [-0.39, 0.29) is 32.2 Å². The normalized spacial score (nSPS) is 16.3. The Hall–Kier alpha value is -3.48. The third kappa shape index (κ3) is 5.35. The molecular weight excluding hydrogens is 454 g/mol. The van der Waals surface area contributed by atoms with Crippen LogP contribution in [0.15, 0.2) is 12.5 Å². The minimum atomic E-state index is -1.45. The number of hydrogen-bond donors (Lipinski definition) is 4. The maximum atomic E-state index is 15.7. The van der Waals surface area contributed by atoms with E-state index in [1.54, 1.807) is 13.8 Å². The number of nitrogens with zero attached hydrogens (tertiary/aromatic N) is 3. The smallest absolute Gasteiger partial charge is 0.326 e. The topological polar surface area (TPSA) is 146 Å². The Morgan fingerprint density at radius 2 is 2.09 bits per heavy atom. The van der Waals surface area contributed by atoms with Crippen LogP contribution in [0.2, 0.25) is 0 Å². The molecule has 1 saturated heterocycles. The fraction of sp³-hybridized carbons (Fsp3) is 0.524. The highest BCUT2D eigenvalue weighted by molar-refractivity contribution is 5.87. The quantitative estimate of drug-likeness (QED) is 0.265. The van der Waals surface area contributed by atoms with Crippen LogP contribution in [0.5, 0.6) is 0 Å². The largest absolute Gasteiger partial charge is 0.480 e. The van der Waals surface area contributed by atoms with Crippen LogP contribution < -0.4 is 15.5 Å². The Kier molecular flexibility index (Phi) is 8.21. The number of H-pyrrole nitrogens is 1. The predicted octanol–water partition coefficient (Wildman–Crippen LogP) is 3.14. The lowest BCUT2D eigenvalue weighted by molar-refractivity contribution is -0.383. The summed E-state index contributed by atoms with van der Waals surface area (Å²) in [7, 11) is 0. The minimum absolute atomic E-state index is 0.0804. The first kappa shape index (κ1) is 25.1. The molecule has 1 aromatic heterocycles. The highest BCUT2D eigenvalue weighted by Crippen LogP contribution is 2.44. The number of carboxylic acid groups (broad SMARTS) is 1.